The fraction of sp³-hybridized carbons (Fsp3) is 0.435. The van der Waals surface area contributed by atoms with Gasteiger partial charge in [0.2, 0.25) is 0 Å². The van der Waals surface area contributed by atoms with E-state index in [4.69, 9.17) is 10.5 Å². The molecule has 2 atom stereocenters. The van der Waals surface area contributed by atoms with E-state index in [0.29, 0.717) is 36.6 Å². The van der Waals surface area contributed by atoms with Gasteiger partial charge in [-0.05, 0) is 26.0 Å². The Labute approximate surface area is 195 Å². The van der Waals surface area contributed by atoms with Gasteiger partial charge in [0, 0.05) is 62.3 Å². The van der Waals surface area contributed by atoms with Crippen molar-refractivity contribution >= 4 is 22.9 Å². The summed E-state index contributed by atoms with van der Waals surface area (Å²) in [6.07, 6.45) is 0.614. The SMILES string of the molecule is CC1Cc2cc(NC(=O)C(=CN)c3ncccn3)c(N3CCN(CC(F)(F)F)[C@@H](C)C3)cc2O1. The van der Waals surface area contributed by atoms with E-state index in [9.17, 15) is 18.0 Å². The summed E-state index contributed by atoms with van der Waals surface area (Å²) >= 11 is 0. The Kier molecular flexibility index (Phi) is 6.65. The standard InChI is InChI=1S/C23H27F3N6O2/c1-14-12-31(6-7-32(14)13-23(24,25)26)19-10-20-16(8-15(2)34-20)9-18(19)30-22(33)17(11-27)21-28-4-3-5-29-21/h3-5,9-11,14-15H,6-8,12-13,27H2,1-2H3,(H,30,33)/t14-,15?/m0/s1. The molecule has 0 spiro atoms. The maximum Gasteiger partial charge on any atom is 0.401 e. The Morgan fingerprint density at radius 3 is 2.65 bits per heavy atom. The number of anilines is 2. The van der Waals surface area contributed by atoms with Gasteiger partial charge in [0.05, 0.1) is 23.5 Å². The molecule has 182 valence electrons. The number of rotatable bonds is 5. The number of alkyl halides is 3. The van der Waals surface area contributed by atoms with E-state index >= 15 is 0 Å². The summed E-state index contributed by atoms with van der Waals surface area (Å²) < 4.78 is 44.7. The van der Waals surface area contributed by atoms with Crippen LogP contribution in [0.25, 0.3) is 5.57 Å². The molecule has 1 amide bonds. The largest absolute Gasteiger partial charge is 0.490 e. The minimum Gasteiger partial charge on any atom is -0.490 e. The van der Waals surface area contributed by atoms with E-state index in [1.165, 1.54) is 17.3 Å². The second-order valence-electron chi connectivity index (χ2n) is 8.60. The molecule has 11 heteroatoms. The van der Waals surface area contributed by atoms with Crippen LogP contribution in [0.5, 0.6) is 5.75 Å². The number of nitrogens with one attached hydrogen (secondary N) is 1. The number of halogens is 3. The molecule has 1 unspecified atom stereocenters. The Balaban J connectivity index is 1.61. The topological polar surface area (TPSA) is 96.6 Å². The Bertz CT molecular complexity index is 1080. The molecule has 2 aliphatic rings. The van der Waals surface area contributed by atoms with E-state index in [0.717, 1.165) is 11.8 Å². The van der Waals surface area contributed by atoms with Gasteiger partial charge in [0.1, 0.15) is 11.9 Å². The van der Waals surface area contributed by atoms with Gasteiger partial charge in [-0.2, -0.15) is 13.2 Å². The third-order valence-electron chi connectivity index (χ3n) is 5.97. The number of fused-ring (bicyclic) bond motifs is 1. The van der Waals surface area contributed by atoms with Crippen LogP contribution in [0.4, 0.5) is 24.5 Å². The molecule has 34 heavy (non-hydrogen) atoms. The number of piperazine rings is 1. The van der Waals surface area contributed by atoms with Crippen molar-refractivity contribution in [3.05, 3.63) is 48.2 Å². The van der Waals surface area contributed by atoms with Gasteiger partial charge in [0.15, 0.2) is 5.82 Å². The lowest BCUT2D eigenvalue weighted by Gasteiger charge is -2.41. The van der Waals surface area contributed by atoms with E-state index in [1.807, 2.05) is 24.0 Å². The molecular weight excluding hydrogens is 449 g/mol. The zero-order valence-electron chi connectivity index (χ0n) is 19.0. The zero-order chi connectivity index (χ0) is 24.5. The zero-order valence-corrected chi connectivity index (χ0v) is 19.0. The molecule has 2 aliphatic heterocycles. The van der Waals surface area contributed by atoms with Crippen LogP contribution in [-0.2, 0) is 11.2 Å². The highest BCUT2D eigenvalue weighted by molar-refractivity contribution is 6.24. The lowest BCUT2D eigenvalue weighted by molar-refractivity contribution is -0.150. The van der Waals surface area contributed by atoms with Crippen LogP contribution in [0.3, 0.4) is 0 Å². The first-order valence-corrected chi connectivity index (χ1v) is 11.0. The molecule has 0 radical (unpaired) electrons. The van der Waals surface area contributed by atoms with Crippen molar-refractivity contribution in [3.63, 3.8) is 0 Å². The fourth-order valence-corrected chi connectivity index (χ4v) is 4.37. The minimum absolute atomic E-state index is 0.00595. The van der Waals surface area contributed by atoms with E-state index in [1.54, 1.807) is 13.0 Å². The van der Waals surface area contributed by atoms with Crippen LogP contribution in [0.1, 0.15) is 25.2 Å². The molecule has 4 rings (SSSR count). The predicted octanol–water partition coefficient (Wildman–Crippen LogP) is 2.81. The van der Waals surface area contributed by atoms with Gasteiger partial charge in [-0.3, -0.25) is 9.69 Å². The molecule has 1 aromatic heterocycles. The molecule has 3 N–H and O–H groups in total. The van der Waals surface area contributed by atoms with Gasteiger partial charge >= 0.3 is 6.18 Å². The van der Waals surface area contributed by atoms with Crippen molar-refractivity contribution in [2.45, 2.75) is 38.6 Å². The van der Waals surface area contributed by atoms with Crippen LogP contribution in [-0.4, -0.2) is 65.3 Å². The summed E-state index contributed by atoms with van der Waals surface area (Å²) in [4.78, 5) is 24.7. The molecule has 3 heterocycles. The predicted molar refractivity (Wildman–Crippen MR) is 122 cm³/mol. The number of carbonyl (C=O) groups excluding carboxylic acids is 1. The first-order valence-electron chi connectivity index (χ1n) is 11.0. The molecular formula is C23H27F3N6O2. The summed E-state index contributed by atoms with van der Waals surface area (Å²) in [6, 6.07) is 5.02. The number of nitrogens with two attached hydrogens (primary N) is 1. The molecule has 0 saturated carbocycles. The van der Waals surface area contributed by atoms with Crippen LogP contribution in [0, 0.1) is 0 Å². The number of amides is 1. The monoisotopic (exact) mass is 476 g/mol. The number of hydrogen-bond acceptors (Lipinski definition) is 7. The molecule has 0 aliphatic carbocycles. The second-order valence-corrected chi connectivity index (χ2v) is 8.60. The molecule has 2 aromatic rings. The Morgan fingerprint density at radius 2 is 2.00 bits per heavy atom. The van der Waals surface area contributed by atoms with Crippen molar-refractivity contribution in [3.8, 4) is 5.75 Å². The maximum absolute atomic E-state index is 13.1. The molecule has 8 nitrogen and oxygen atoms in total. The van der Waals surface area contributed by atoms with Gasteiger partial charge in [-0.15, -0.1) is 0 Å². The molecule has 1 aromatic carbocycles. The second kappa shape index (κ2) is 9.49. The lowest BCUT2D eigenvalue weighted by atomic mass is 10.1. The first-order chi connectivity index (χ1) is 16.1. The minimum atomic E-state index is -4.25. The van der Waals surface area contributed by atoms with Crippen molar-refractivity contribution < 1.29 is 22.7 Å². The average Bonchev–Trinajstić information content (AvgIpc) is 3.14. The highest BCUT2D eigenvalue weighted by Gasteiger charge is 2.36. The number of nitrogens with zero attached hydrogens (tertiary/aromatic N) is 4. The highest BCUT2D eigenvalue weighted by atomic mass is 19.4. The van der Waals surface area contributed by atoms with Crippen LogP contribution in [0.2, 0.25) is 0 Å². The summed E-state index contributed by atoms with van der Waals surface area (Å²) in [6.45, 7) is 3.77. The van der Waals surface area contributed by atoms with Crippen LogP contribution in [0.15, 0.2) is 36.8 Å². The fourth-order valence-electron chi connectivity index (χ4n) is 4.37. The number of hydrogen-bond donors (Lipinski definition) is 2. The molecule has 1 saturated heterocycles. The maximum atomic E-state index is 13.1. The molecule has 0 bridgehead atoms. The van der Waals surface area contributed by atoms with Crippen molar-refractivity contribution in [2.75, 3.05) is 36.4 Å². The van der Waals surface area contributed by atoms with E-state index in [-0.39, 0.29) is 30.1 Å². The third kappa shape index (κ3) is 5.24. The van der Waals surface area contributed by atoms with Crippen molar-refractivity contribution in [1.82, 2.24) is 14.9 Å². The summed E-state index contributed by atoms with van der Waals surface area (Å²) in [5, 5.41) is 2.91. The Morgan fingerprint density at radius 1 is 1.26 bits per heavy atom. The van der Waals surface area contributed by atoms with Crippen molar-refractivity contribution in [1.29, 1.82) is 0 Å². The number of benzene rings is 1. The van der Waals surface area contributed by atoms with Crippen LogP contribution < -0.4 is 20.7 Å². The van der Waals surface area contributed by atoms with Gasteiger partial charge in [-0.25, -0.2) is 9.97 Å². The normalized spacial score (nSPS) is 21.2. The number of carbonyl (C=O) groups is 1. The summed E-state index contributed by atoms with van der Waals surface area (Å²) in [5.74, 6) is 0.425. The van der Waals surface area contributed by atoms with E-state index < -0.39 is 18.6 Å². The van der Waals surface area contributed by atoms with Gasteiger partial charge in [-0.1, -0.05) is 0 Å². The summed E-state index contributed by atoms with van der Waals surface area (Å²) in [5.41, 5.74) is 7.98. The van der Waals surface area contributed by atoms with Crippen LogP contribution >= 0.6 is 0 Å². The number of aromatic nitrogens is 2. The Hall–Kier alpha value is -3.34. The third-order valence-corrected chi connectivity index (χ3v) is 5.97. The quantitative estimate of drug-likeness (QED) is 0.641. The van der Waals surface area contributed by atoms with Gasteiger partial charge < -0.3 is 20.7 Å². The smallest absolute Gasteiger partial charge is 0.401 e. The highest BCUT2D eigenvalue weighted by Crippen LogP contribution is 2.39. The summed E-state index contributed by atoms with van der Waals surface area (Å²) in [7, 11) is 0. The van der Waals surface area contributed by atoms with Gasteiger partial charge in [0.25, 0.3) is 5.91 Å². The molecule has 1 fully saturated rings. The number of ether oxygens (including phenoxy) is 1. The van der Waals surface area contributed by atoms with Crippen molar-refractivity contribution in [2.24, 2.45) is 5.73 Å². The first kappa shape index (κ1) is 23.8. The lowest BCUT2D eigenvalue weighted by Crippen LogP contribution is -2.54. The van der Waals surface area contributed by atoms with E-state index in [2.05, 4.69) is 15.3 Å². The average molecular weight is 477 g/mol.